The number of hydrogen-bond donors (Lipinski definition) is 2. The molecule has 1 aromatic carbocycles. The lowest BCUT2D eigenvalue weighted by atomic mass is 9.62. The summed E-state index contributed by atoms with van der Waals surface area (Å²) in [4.78, 5) is 12.6. The molecule has 0 spiro atoms. The van der Waals surface area contributed by atoms with Crippen LogP contribution in [-0.4, -0.2) is 38.2 Å². The summed E-state index contributed by atoms with van der Waals surface area (Å²) in [6.45, 7) is 5.59. The Labute approximate surface area is 154 Å². The van der Waals surface area contributed by atoms with E-state index >= 15 is 0 Å². The molecule has 0 amide bonds. The van der Waals surface area contributed by atoms with Crippen LogP contribution >= 0.6 is 0 Å². The van der Waals surface area contributed by atoms with Gasteiger partial charge in [-0.15, -0.1) is 0 Å². The van der Waals surface area contributed by atoms with Crippen LogP contribution in [0.25, 0.3) is 0 Å². The maximum atomic E-state index is 12.8. The fourth-order valence-electron chi connectivity index (χ4n) is 3.95. The van der Waals surface area contributed by atoms with Crippen molar-refractivity contribution >= 4 is 16.0 Å². The highest BCUT2D eigenvalue weighted by molar-refractivity contribution is 7.89. The summed E-state index contributed by atoms with van der Waals surface area (Å²) in [5.74, 6) is -0.547. The summed E-state index contributed by atoms with van der Waals surface area (Å²) in [5, 5.41) is 9.92. The molecular formula is C19H25NO5S. The molecule has 3 rings (SSSR count). The predicted molar refractivity (Wildman–Crippen MR) is 96.9 cm³/mol. The second kappa shape index (κ2) is 6.48. The van der Waals surface area contributed by atoms with Crippen molar-refractivity contribution < 1.29 is 23.1 Å². The van der Waals surface area contributed by atoms with Crippen molar-refractivity contribution in [2.24, 2.45) is 11.3 Å². The summed E-state index contributed by atoms with van der Waals surface area (Å²) >= 11 is 0. The molecule has 26 heavy (non-hydrogen) atoms. The fraction of sp³-hybridized carbons (Fsp3) is 0.526. The number of carbonyl (C=O) groups excluding carboxylic acids is 1. The number of fused-ring (bicyclic) bond motifs is 2. The number of aliphatic hydroxyl groups excluding tert-OH is 1. The molecule has 1 aromatic rings. The van der Waals surface area contributed by atoms with Crippen LogP contribution in [0.4, 0.5) is 0 Å². The molecule has 1 fully saturated rings. The minimum Gasteiger partial charge on any atom is -0.462 e. The minimum atomic E-state index is -3.75. The van der Waals surface area contributed by atoms with Crippen molar-refractivity contribution in [1.29, 1.82) is 0 Å². The van der Waals surface area contributed by atoms with Crippen LogP contribution in [0.5, 0.6) is 0 Å². The molecule has 7 heteroatoms. The predicted octanol–water partition coefficient (Wildman–Crippen LogP) is 1.92. The van der Waals surface area contributed by atoms with Gasteiger partial charge in [-0.25, -0.2) is 17.9 Å². The Morgan fingerprint density at radius 2 is 1.92 bits per heavy atom. The monoisotopic (exact) mass is 379 g/mol. The van der Waals surface area contributed by atoms with Crippen molar-refractivity contribution in [2.75, 3.05) is 13.2 Å². The van der Waals surface area contributed by atoms with Gasteiger partial charge in [-0.05, 0) is 44.7 Å². The summed E-state index contributed by atoms with van der Waals surface area (Å²) in [6.07, 6.45) is 2.69. The van der Waals surface area contributed by atoms with Crippen LogP contribution in [0.15, 0.2) is 40.8 Å². The van der Waals surface area contributed by atoms with Gasteiger partial charge < -0.3 is 9.84 Å². The number of benzene rings is 1. The molecule has 1 heterocycles. The first-order chi connectivity index (χ1) is 12.1. The van der Waals surface area contributed by atoms with Crippen LogP contribution in [0, 0.1) is 18.3 Å². The highest BCUT2D eigenvalue weighted by Gasteiger charge is 2.50. The molecule has 2 bridgehead atoms. The lowest BCUT2D eigenvalue weighted by Gasteiger charge is -2.45. The third kappa shape index (κ3) is 3.31. The first-order valence-corrected chi connectivity index (χ1v) is 10.2. The van der Waals surface area contributed by atoms with Gasteiger partial charge in [0.05, 0.1) is 18.1 Å². The van der Waals surface area contributed by atoms with Gasteiger partial charge in [0, 0.05) is 16.5 Å². The van der Waals surface area contributed by atoms with Crippen LogP contribution < -0.4 is 4.72 Å². The Morgan fingerprint density at radius 1 is 1.27 bits per heavy atom. The molecule has 2 aliphatic rings. The van der Waals surface area contributed by atoms with Crippen LogP contribution in [0.2, 0.25) is 0 Å². The third-order valence-electron chi connectivity index (χ3n) is 5.60. The molecule has 6 nitrogen and oxygen atoms in total. The van der Waals surface area contributed by atoms with Gasteiger partial charge in [-0.3, -0.25) is 0 Å². The van der Waals surface area contributed by atoms with Gasteiger partial charge in [0.2, 0.25) is 10.0 Å². The number of ether oxygens (including phenoxy) is 1. The molecule has 1 unspecified atom stereocenters. The van der Waals surface area contributed by atoms with E-state index in [0.29, 0.717) is 18.4 Å². The van der Waals surface area contributed by atoms with Crippen molar-refractivity contribution in [1.82, 2.24) is 4.72 Å². The van der Waals surface area contributed by atoms with Gasteiger partial charge in [-0.2, -0.15) is 0 Å². The summed E-state index contributed by atoms with van der Waals surface area (Å²) < 4.78 is 33.7. The molecule has 1 aliphatic heterocycles. The Balaban J connectivity index is 2.00. The minimum absolute atomic E-state index is 0.0651. The van der Waals surface area contributed by atoms with Crippen molar-refractivity contribution in [3.8, 4) is 0 Å². The van der Waals surface area contributed by atoms with E-state index in [0.717, 1.165) is 5.56 Å². The number of carbonyl (C=O) groups is 1. The number of nitrogens with one attached hydrogen (secondary N) is 1. The van der Waals surface area contributed by atoms with Gasteiger partial charge in [0.15, 0.2) is 0 Å². The number of esters is 1. The highest BCUT2D eigenvalue weighted by atomic mass is 32.2. The number of aliphatic hydroxyl groups is 1. The van der Waals surface area contributed by atoms with Crippen molar-refractivity contribution in [3.63, 3.8) is 0 Å². The normalized spacial score (nSPS) is 31.8. The van der Waals surface area contributed by atoms with E-state index in [9.17, 15) is 18.3 Å². The number of aryl methyl sites for hydroxylation is 1. The zero-order valence-electron chi connectivity index (χ0n) is 15.3. The second-order valence-electron chi connectivity index (χ2n) is 7.80. The third-order valence-corrected chi connectivity index (χ3v) is 7.22. The number of hydrogen-bond acceptors (Lipinski definition) is 5. The molecule has 1 aliphatic carbocycles. The lowest BCUT2D eigenvalue weighted by molar-refractivity contribution is -0.139. The Morgan fingerprint density at radius 3 is 2.54 bits per heavy atom. The van der Waals surface area contributed by atoms with Crippen molar-refractivity contribution in [2.45, 2.75) is 44.0 Å². The molecule has 0 saturated carbocycles. The number of sulfonamides is 1. The average Bonchev–Trinajstić information content (AvgIpc) is 2.63. The van der Waals surface area contributed by atoms with E-state index in [4.69, 9.17) is 4.74 Å². The van der Waals surface area contributed by atoms with Crippen molar-refractivity contribution in [3.05, 3.63) is 41.5 Å². The average molecular weight is 379 g/mol. The Kier molecular flexibility index (Phi) is 4.75. The first-order valence-electron chi connectivity index (χ1n) is 8.72. The maximum absolute atomic E-state index is 12.8. The zero-order valence-corrected chi connectivity index (χ0v) is 16.1. The van der Waals surface area contributed by atoms with Crippen LogP contribution in [0.1, 0.15) is 32.3 Å². The quantitative estimate of drug-likeness (QED) is 0.780. The maximum Gasteiger partial charge on any atom is 0.334 e. The van der Waals surface area contributed by atoms with Crippen LogP contribution in [-0.2, 0) is 19.6 Å². The smallest absolute Gasteiger partial charge is 0.334 e. The van der Waals surface area contributed by atoms with E-state index in [1.54, 1.807) is 37.3 Å². The molecular weight excluding hydrogens is 354 g/mol. The van der Waals surface area contributed by atoms with E-state index in [1.807, 2.05) is 13.8 Å². The van der Waals surface area contributed by atoms with E-state index in [1.165, 1.54) is 0 Å². The highest BCUT2D eigenvalue weighted by Crippen LogP contribution is 2.48. The molecule has 1 saturated heterocycles. The molecule has 142 valence electrons. The summed E-state index contributed by atoms with van der Waals surface area (Å²) in [7, 11) is -3.75. The van der Waals surface area contributed by atoms with Gasteiger partial charge in [0.25, 0.3) is 0 Å². The van der Waals surface area contributed by atoms with E-state index < -0.39 is 26.9 Å². The largest absolute Gasteiger partial charge is 0.462 e. The SMILES string of the molecule is Cc1ccc(S(=O)(=O)N[C@@]2(C)C=C3C(=O)OCCC(C2)[C@@]3(C)CO)cc1. The van der Waals surface area contributed by atoms with Gasteiger partial charge in [-0.1, -0.05) is 30.7 Å². The molecule has 0 aromatic heterocycles. The van der Waals surface area contributed by atoms with E-state index in [-0.39, 0.29) is 24.0 Å². The molecule has 0 radical (unpaired) electrons. The first kappa shape index (κ1) is 19.1. The molecule has 3 atom stereocenters. The summed E-state index contributed by atoms with van der Waals surface area (Å²) in [6, 6.07) is 6.62. The number of cyclic esters (lactones) is 1. The Bertz CT molecular complexity index is 845. The van der Waals surface area contributed by atoms with Gasteiger partial charge in [0.1, 0.15) is 0 Å². The standard InChI is InChI=1S/C19H25NO5S/c1-13-4-6-15(7-5-13)26(23,24)20-18(2)10-14-8-9-25-17(22)16(11-18)19(14,3)12-21/h4-7,11,14,20-21H,8-10,12H2,1-3H3/t14?,18-,19-/m1/s1. The zero-order chi connectivity index (χ0) is 19.2. The molecule has 2 N–H and O–H groups in total. The second-order valence-corrected chi connectivity index (χ2v) is 9.48. The summed E-state index contributed by atoms with van der Waals surface area (Å²) in [5.41, 5.74) is -0.324. The topological polar surface area (TPSA) is 92.7 Å². The lowest BCUT2D eigenvalue weighted by Crippen LogP contribution is -2.52. The van der Waals surface area contributed by atoms with Gasteiger partial charge >= 0.3 is 5.97 Å². The number of rotatable bonds is 4. The fourth-order valence-corrected chi connectivity index (χ4v) is 5.32. The van der Waals surface area contributed by atoms with E-state index in [2.05, 4.69) is 4.72 Å². The Hall–Kier alpha value is -1.70. The van der Waals surface area contributed by atoms with Crippen LogP contribution in [0.3, 0.4) is 0 Å².